The summed E-state index contributed by atoms with van der Waals surface area (Å²) in [5, 5.41) is 17.0. The first kappa shape index (κ1) is 16.2. The molecule has 4 aromatic rings. The molecule has 0 amide bonds. The molecular formula is C19H21N5S. The van der Waals surface area contributed by atoms with Crippen LogP contribution in [0.4, 0.5) is 0 Å². The molecule has 0 bridgehead atoms. The Morgan fingerprint density at radius 2 is 1.80 bits per heavy atom. The van der Waals surface area contributed by atoms with Gasteiger partial charge in [0, 0.05) is 6.42 Å². The molecule has 0 aliphatic rings. The molecule has 128 valence electrons. The van der Waals surface area contributed by atoms with Crippen LogP contribution in [-0.4, -0.2) is 37.8 Å². The lowest BCUT2D eigenvalue weighted by atomic mass is 10.0. The van der Waals surface area contributed by atoms with Gasteiger partial charge in [0.25, 0.3) is 0 Å². The summed E-state index contributed by atoms with van der Waals surface area (Å²) >= 11 is 1.62. The van der Waals surface area contributed by atoms with Crippen LogP contribution in [0.5, 0.6) is 0 Å². The Bertz CT molecular complexity index is 994. The van der Waals surface area contributed by atoms with E-state index in [-0.39, 0.29) is 0 Å². The molecule has 0 aliphatic carbocycles. The van der Waals surface area contributed by atoms with Crippen LogP contribution in [0.3, 0.4) is 0 Å². The summed E-state index contributed by atoms with van der Waals surface area (Å²) in [5.74, 6) is 0.916. The summed E-state index contributed by atoms with van der Waals surface area (Å²) in [6.07, 6.45) is 0.820. The van der Waals surface area contributed by atoms with Crippen LogP contribution in [0.15, 0.2) is 42.5 Å². The minimum atomic E-state index is 0.783. The highest BCUT2D eigenvalue weighted by atomic mass is 32.1. The van der Waals surface area contributed by atoms with Crippen LogP contribution in [0.25, 0.3) is 15.7 Å². The maximum atomic E-state index is 4.78. The Morgan fingerprint density at radius 1 is 1.00 bits per heavy atom. The van der Waals surface area contributed by atoms with Crippen molar-refractivity contribution in [3.8, 4) is 0 Å². The molecule has 0 saturated heterocycles. The van der Waals surface area contributed by atoms with Crippen LogP contribution >= 0.6 is 11.3 Å². The SMILES string of the molecule is CCN(CC)Cc1nnc2sc(Cc3cccc4ccccc34)nn12. The summed E-state index contributed by atoms with van der Waals surface area (Å²) in [4.78, 5) is 3.19. The normalized spacial score (nSPS) is 11.8. The number of benzene rings is 2. The summed E-state index contributed by atoms with van der Waals surface area (Å²) in [7, 11) is 0. The molecule has 25 heavy (non-hydrogen) atoms. The van der Waals surface area contributed by atoms with Gasteiger partial charge in [-0.15, -0.1) is 10.2 Å². The zero-order valence-corrected chi connectivity index (χ0v) is 15.3. The van der Waals surface area contributed by atoms with Crippen LogP contribution in [0, 0.1) is 0 Å². The summed E-state index contributed by atoms with van der Waals surface area (Å²) in [6, 6.07) is 14.9. The number of fused-ring (bicyclic) bond motifs is 2. The third-order valence-electron chi connectivity index (χ3n) is 4.58. The maximum absolute atomic E-state index is 4.78. The molecule has 0 radical (unpaired) electrons. The fourth-order valence-electron chi connectivity index (χ4n) is 3.12. The number of aromatic nitrogens is 4. The predicted octanol–water partition coefficient (Wildman–Crippen LogP) is 3.77. The van der Waals surface area contributed by atoms with Crippen molar-refractivity contribution in [2.75, 3.05) is 13.1 Å². The standard InChI is InChI=1S/C19H21N5S/c1-3-23(4-2)13-17-20-21-19-24(17)22-18(25-19)12-15-10-7-9-14-8-5-6-11-16(14)15/h5-11H,3-4,12-13H2,1-2H3. The van der Waals surface area contributed by atoms with Crippen molar-refractivity contribution >= 4 is 27.1 Å². The van der Waals surface area contributed by atoms with E-state index in [0.29, 0.717) is 0 Å². The van der Waals surface area contributed by atoms with Crippen molar-refractivity contribution in [3.63, 3.8) is 0 Å². The molecule has 2 heterocycles. The van der Waals surface area contributed by atoms with Crippen LogP contribution in [0.1, 0.15) is 30.2 Å². The Labute approximate surface area is 150 Å². The Hall–Kier alpha value is -2.31. The minimum absolute atomic E-state index is 0.783. The van der Waals surface area contributed by atoms with Crippen molar-refractivity contribution < 1.29 is 0 Å². The third-order valence-corrected chi connectivity index (χ3v) is 5.48. The van der Waals surface area contributed by atoms with Crippen LogP contribution < -0.4 is 0 Å². The average molecular weight is 351 g/mol. The molecule has 0 aliphatic heterocycles. The number of hydrogen-bond acceptors (Lipinski definition) is 5. The van der Waals surface area contributed by atoms with E-state index in [1.54, 1.807) is 11.3 Å². The predicted molar refractivity (Wildman–Crippen MR) is 102 cm³/mol. The van der Waals surface area contributed by atoms with E-state index in [0.717, 1.165) is 41.8 Å². The average Bonchev–Trinajstić information content (AvgIpc) is 3.21. The zero-order valence-electron chi connectivity index (χ0n) is 14.5. The van der Waals surface area contributed by atoms with E-state index in [1.165, 1.54) is 16.3 Å². The topological polar surface area (TPSA) is 46.3 Å². The first-order valence-electron chi connectivity index (χ1n) is 8.67. The van der Waals surface area contributed by atoms with Crippen molar-refractivity contribution in [2.24, 2.45) is 0 Å². The van der Waals surface area contributed by atoms with Crippen LogP contribution in [-0.2, 0) is 13.0 Å². The van der Waals surface area contributed by atoms with Gasteiger partial charge in [0.1, 0.15) is 5.01 Å². The highest BCUT2D eigenvalue weighted by Crippen LogP contribution is 2.23. The molecule has 0 N–H and O–H groups in total. The molecule has 5 nitrogen and oxygen atoms in total. The van der Waals surface area contributed by atoms with Gasteiger partial charge in [-0.2, -0.15) is 9.61 Å². The maximum Gasteiger partial charge on any atom is 0.234 e. The molecule has 2 aromatic carbocycles. The van der Waals surface area contributed by atoms with Gasteiger partial charge in [-0.1, -0.05) is 67.6 Å². The summed E-state index contributed by atoms with van der Waals surface area (Å²) in [5.41, 5.74) is 1.30. The second-order valence-corrected chi connectivity index (χ2v) is 7.12. The van der Waals surface area contributed by atoms with Crippen molar-refractivity contribution in [1.29, 1.82) is 0 Å². The zero-order chi connectivity index (χ0) is 17.2. The molecule has 0 unspecified atom stereocenters. The number of rotatable bonds is 6. The number of hydrogen-bond donors (Lipinski definition) is 0. The van der Waals surface area contributed by atoms with Crippen molar-refractivity contribution in [1.82, 2.24) is 24.7 Å². The van der Waals surface area contributed by atoms with E-state index in [1.807, 2.05) is 4.52 Å². The van der Waals surface area contributed by atoms with Crippen LogP contribution in [0.2, 0.25) is 0 Å². The monoisotopic (exact) mass is 351 g/mol. The first-order chi connectivity index (χ1) is 12.3. The largest absolute Gasteiger partial charge is 0.296 e. The first-order valence-corrected chi connectivity index (χ1v) is 9.49. The lowest BCUT2D eigenvalue weighted by Crippen LogP contribution is -2.23. The quantitative estimate of drug-likeness (QED) is 0.530. The molecule has 0 saturated carbocycles. The van der Waals surface area contributed by atoms with E-state index < -0.39 is 0 Å². The van der Waals surface area contributed by atoms with Gasteiger partial charge in [0.2, 0.25) is 4.96 Å². The molecule has 0 fully saturated rings. The van der Waals surface area contributed by atoms with Gasteiger partial charge in [0.05, 0.1) is 6.54 Å². The lowest BCUT2D eigenvalue weighted by Gasteiger charge is -2.15. The van der Waals surface area contributed by atoms with Gasteiger partial charge in [-0.05, 0) is 29.4 Å². The smallest absolute Gasteiger partial charge is 0.234 e. The lowest BCUT2D eigenvalue weighted by molar-refractivity contribution is 0.286. The molecule has 4 rings (SSSR count). The van der Waals surface area contributed by atoms with Gasteiger partial charge in [0.15, 0.2) is 5.82 Å². The highest BCUT2D eigenvalue weighted by molar-refractivity contribution is 7.16. The van der Waals surface area contributed by atoms with Crippen molar-refractivity contribution in [2.45, 2.75) is 26.8 Å². The number of nitrogens with zero attached hydrogens (tertiary/aromatic N) is 5. The Kier molecular flexibility index (Phi) is 4.46. The van der Waals surface area contributed by atoms with E-state index in [9.17, 15) is 0 Å². The molecular weight excluding hydrogens is 330 g/mol. The molecule has 6 heteroatoms. The third kappa shape index (κ3) is 3.15. The van der Waals surface area contributed by atoms with Gasteiger partial charge in [-0.3, -0.25) is 4.90 Å². The minimum Gasteiger partial charge on any atom is -0.296 e. The Balaban J connectivity index is 1.65. The van der Waals surface area contributed by atoms with E-state index in [4.69, 9.17) is 5.10 Å². The van der Waals surface area contributed by atoms with E-state index in [2.05, 4.69) is 71.4 Å². The summed E-state index contributed by atoms with van der Waals surface area (Å²) in [6.45, 7) is 7.10. The van der Waals surface area contributed by atoms with Crippen molar-refractivity contribution in [3.05, 3.63) is 58.9 Å². The Morgan fingerprint density at radius 3 is 2.64 bits per heavy atom. The fraction of sp³-hybridized carbons (Fsp3) is 0.316. The molecule has 0 atom stereocenters. The van der Waals surface area contributed by atoms with E-state index >= 15 is 0 Å². The van der Waals surface area contributed by atoms with Gasteiger partial charge < -0.3 is 0 Å². The highest BCUT2D eigenvalue weighted by Gasteiger charge is 2.14. The summed E-state index contributed by atoms with van der Waals surface area (Å²) < 4.78 is 1.91. The fourth-order valence-corrected chi connectivity index (χ4v) is 4.00. The van der Waals surface area contributed by atoms with Gasteiger partial charge >= 0.3 is 0 Å². The molecule has 0 spiro atoms. The van der Waals surface area contributed by atoms with Gasteiger partial charge in [-0.25, -0.2) is 0 Å². The second-order valence-electron chi connectivity index (χ2n) is 6.08. The molecule has 2 aromatic heterocycles. The second kappa shape index (κ2) is 6.90.